The zero-order valence-corrected chi connectivity index (χ0v) is 17.4. The average Bonchev–Trinajstić information content (AvgIpc) is 2.77. The first-order chi connectivity index (χ1) is 14.2. The summed E-state index contributed by atoms with van der Waals surface area (Å²) >= 11 is 5.99. The van der Waals surface area contributed by atoms with Crippen molar-refractivity contribution < 1.29 is 0 Å². The van der Waals surface area contributed by atoms with E-state index in [0.717, 1.165) is 41.7 Å². The number of fused-ring (bicyclic) bond motifs is 1. The van der Waals surface area contributed by atoms with Crippen LogP contribution in [-0.4, -0.2) is 18.1 Å². The molecule has 2 heterocycles. The second-order valence-electron chi connectivity index (χ2n) is 7.66. The number of anilines is 2. The number of aromatic nitrogens is 1. The minimum atomic E-state index is 0.591. The smallest absolute Gasteiger partial charge is 0.147 e. The summed E-state index contributed by atoms with van der Waals surface area (Å²) in [4.78, 5) is 7.18. The lowest BCUT2D eigenvalue weighted by atomic mass is 9.94. The largest absolute Gasteiger partial charge is 0.370 e. The third-order valence-electron chi connectivity index (χ3n) is 5.76. The van der Waals surface area contributed by atoms with E-state index in [2.05, 4.69) is 29.3 Å². The van der Waals surface area contributed by atoms with Gasteiger partial charge in [0.15, 0.2) is 0 Å². The van der Waals surface area contributed by atoms with Gasteiger partial charge in [0, 0.05) is 30.0 Å². The van der Waals surface area contributed by atoms with Crippen molar-refractivity contribution in [2.24, 2.45) is 5.92 Å². The Labute approximate surface area is 177 Å². The molecule has 1 unspecified atom stereocenters. The molecule has 4 nitrogen and oxygen atoms in total. The van der Waals surface area contributed by atoms with Gasteiger partial charge in [-0.1, -0.05) is 55.3 Å². The number of piperidine rings is 1. The topological polar surface area (TPSA) is 52.0 Å². The predicted octanol–water partition coefficient (Wildman–Crippen LogP) is 6.00. The van der Waals surface area contributed by atoms with E-state index in [4.69, 9.17) is 16.6 Å². The molecule has 4 rings (SSSR count). The minimum Gasteiger partial charge on any atom is -0.370 e. The SMILES string of the molecule is CCC1CCCN(c2c(C#N)c(NCc3ccc(Cl)cc3)nc3ccccc23)C1. The van der Waals surface area contributed by atoms with Gasteiger partial charge < -0.3 is 10.2 Å². The highest BCUT2D eigenvalue weighted by Gasteiger charge is 2.25. The van der Waals surface area contributed by atoms with Crippen molar-refractivity contribution in [1.82, 2.24) is 4.98 Å². The van der Waals surface area contributed by atoms with Crippen LogP contribution in [0, 0.1) is 17.2 Å². The average molecular weight is 405 g/mol. The van der Waals surface area contributed by atoms with Gasteiger partial charge in [0.2, 0.25) is 0 Å². The van der Waals surface area contributed by atoms with Crippen molar-refractivity contribution in [3.63, 3.8) is 0 Å². The van der Waals surface area contributed by atoms with E-state index in [-0.39, 0.29) is 0 Å². The van der Waals surface area contributed by atoms with Crippen LogP contribution in [0.5, 0.6) is 0 Å². The molecule has 148 valence electrons. The summed E-state index contributed by atoms with van der Waals surface area (Å²) in [7, 11) is 0. The Balaban J connectivity index is 1.74. The lowest BCUT2D eigenvalue weighted by molar-refractivity contribution is 0.405. The molecule has 3 aromatic rings. The highest BCUT2D eigenvalue weighted by Crippen LogP contribution is 2.36. The summed E-state index contributed by atoms with van der Waals surface area (Å²) in [5, 5.41) is 15.2. The van der Waals surface area contributed by atoms with Crippen LogP contribution in [0.25, 0.3) is 10.9 Å². The van der Waals surface area contributed by atoms with E-state index < -0.39 is 0 Å². The fourth-order valence-corrected chi connectivity index (χ4v) is 4.27. The van der Waals surface area contributed by atoms with Crippen molar-refractivity contribution in [2.75, 3.05) is 23.3 Å². The maximum absolute atomic E-state index is 10.1. The molecule has 29 heavy (non-hydrogen) atoms. The minimum absolute atomic E-state index is 0.591. The quantitative estimate of drug-likeness (QED) is 0.566. The van der Waals surface area contributed by atoms with Crippen molar-refractivity contribution in [3.8, 4) is 6.07 Å². The number of pyridine rings is 1. The van der Waals surface area contributed by atoms with Crippen LogP contribution in [0.2, 0.25) is 5.02 Å². The lowest BCUT2D eigenvalue weighted by Gasteiger charge is -2.35. The second-order valence-corrected chi connectivity index (χ2v) is 8.09. The summed E-state index contributed by atoms with van der Waals surface area (Å²) in [6, 6.07) is 18.3. The van der Waals surface area contributed by atoms with Crippen LogP contribution in [0.15, 0.2) is 48.5 Å². The summed E-state index contributed by atoms with van der Waals surface area (Å²) in [5.41, 5.74) is 3.67. The first kappa shape index (κ1) is 19.5. The Hall–Kier alpha value is -2.77. The van der Waals surface area contributed by atoms with Gasteiger partial charge in [0.1, 0.15) is 17.5 Å². The Morgan fingerprint density at radius 2 is 2.00 bits per heavy atom. The maximum Gasteiger partial charge on any atom is 0.147 e. The summed E-state index contributed by atoms with van der Waals surface area (Å²) in [6.07, 6.45) is 3.59. The van der Waals surface area contributed by atoms with Gasteiger partial charge in [-0.15, -0.1) is 0 Å². The van der Waals surface area contributed by atoms with Crippen molar-refractivity contribution >= 4 is 34.0 Å². The van der Waals surface area contributed by atoms with Gasteiger partial charge in [-0.25, -0.2) is 4.98 Å². The van der Waals surface area contributed by atoms with E-state index >= 15 is 0 Å². The Morgan fingerprint density at radius 3 is 2.76 bits per heavy atom. The van der Waals surface area contributed by atoms with Gasteiger partial charge in [0.25, 0.3) is 0 Å². The van der Waals surface area contributed by atoms with Gasteiger partial charge in [-0.05, 0) is 42.5 Å². The normalized spacial score (nSPS) is 16.6. The molecule has 0 aliphatic carbocycles. The molecule has 0 saturated carbocycles. The Bertz CT molecular complexity index is 1040. The number of hydrogen-bond donors (Lipinski definition) is 1. The van der Waals surface area contributed by atoms with Crippen molar-refractivity contribution in [3.05, 3.63) is 64.7 Å². The fourth-order valence-electron chi connectivity index (χ4n) is 4.15. The number of rotatable bonds is 5. The highest BCUT2D eigenvalue weighted by molar-refractivity contribution is 6.30. The molecule has 0 spiro atoms. The first-order valence-electron chi connectivity index (χ1n) is 10.3. The van der Waals surface area contributed by atoms with Crippen molar-refractivity contribution in [1.29, 1.82) is 5.26 Å². The van der Waals surface area contributed by atoms with E-state index in [1.54, 1.807) is 0 Å². The number of para-hydroxylation sites is 1. The summed E-state index contributed by atoms with van der Waals surface area (Å²) < 4.78 is 0. The van der Waals surface area contributed by atoms with Crippen LogP contribution >= 0.6 is 11.6 Å². The molecule has 1 fully saturated rings. The van der Waals surface area contributed by atoms with Crippen LogP contribution in [0.4, 0.5) is 11.5 Å². The molecular weight excluding hydrogens is 380 g/mol. The number of hydrogen-bond acceptors (Lipinski definition) is 4. The molecule has 0 amide bonds. The predicted molar refractivity (Wildman–Crippen MR) is 120 cm³/mol. The molecule has 1 atom stereocenters. The van der Waals surface area contributed by atoms with E-state index in [0.29, 0.717) is 28.9 Å². The highest BCUT2D eigenvalue weighted by atomic mass is 35.5. The number of benzene rings is 2. The number of nitriles is 1. The van der Waals surface area contributed by atoms with Crippen LogP contribution in [0.3, 0.4) is 0 Å². The molecular formula is C24H25ClN4. The molecule has 5 heteroatoms. The van der Waals surface area contributed by atoms with Gasteiger partial charge in [0.05, 0.1) is 11.2 Å². The molecule has 1 aromatic heterocycles. The molecule has 0 bridgehead atoms. The third kappa shape index (κ3) is 4.16. The van der Waals surface area contributed by atoms with Crippen LogP contribution in [0.1, 0.15) is 37.3 Å². The summed E-state index contributed by atoms with van der Waals surface area (Å²) in [6.45, 7) is 4.82. The molecule has 1 saturated heterocycles. The second kappa shape index (κ2) is 8.71. The van der Waals surface area contributed by atoms with Crippen molar-refractivity contribution in [2.45, 2.75) is 32.7 Å². The molecule has 0 radical (unpaired) electrons. The lowest BCUT2D eigenvalue weighted by Crippen LogP contribution is -2.36. The van der Waals surface area contributed by atoms with Crippen LogP contribution < -0.4 is 10.2 Å². The zero-order chi connectivity index (χ0) is 20.2. The Morgan fingerprint density at radius 1 is 1.21 bits per heavy atom. The van der Waals surface area contributed by atoms with Crippen LogP contribution in [-0.2, 0) is 6.54 Å². The standard InChI is InChI=1S/C24H25ClN4/c1-2-17-6-5-13-29(16-17)23-20-7-3-4-8-22(20)28-24(21(23)14-26)27-15-18-9-11-19(25)12-10-18/h3-4,7-12,17H,2,5-6,13,15-16H2,1H3,(H,27,28). The Kier molecular flexibility index (Phi) is 5.87. The number of halogens is 1. The monoisotopic (exact) mass is 404 g/mol. The molecule has 1 aliphatic heterocycles. The number of nitrogens with zero attached hydrogens (tertiary/aromatic N) is 3. The third-order valence-corrected chi connectivity index (χ3v) is 6.01. The van der Waals surface area contributed by atoms with E-state index in [1.807, 2.05) is 42.5 Å². The molecule has 1 aliphatic rings. The zero-order valence-electron chi connectivity index (χ0n) is 16.7. The van der Waals surface area contributed by atoms with Gasteiger partial charge in [-0.2, -0.15) is 5.26 Å². The molecule has 2 aromatic carbocycles. The maximum atomic E-state index is 10.1. The van der Waals surface area contributed by atoms with E-state index in [1.165, 1.54) is 12.8 Å². The van der Waals surface area contributed by atoms with Gasteiger partial charge in [-0.3, -0.25) is 0 Å². The first-order valence-corrected chi connectivity index (χ1v) is 10.6. The molecule has 1 N–H and O–H groups in total. The van der Waals surface area contributed by atoms with E-state index in [9.17, 15) is 5.26 Å². The summed E-state index contributed by atoms with van der Waals surface area (Å²) in [5.74, 6) is 1.32. The fraction of sp³-hybridized carbons (Fsp3) is 0.333. The number of nitrogens with one attached hydrogen (secondary N) is 1. The van der Waals surface area contributed by atoms with Gasteiger partial charge >= 0.3 is 0 Å².